The number of benzene rings is 1. The van der Waals surface area contributed by atoms with Crippen molar-refractivity contribution in [3.8, 4) is 11.3 Å². The van der Waals surface area contributed by atoms with Crippen LogP contribution in [0.2, 0.25) is 0 Å². The van der Waals surface area contributed by atoms with E-state index in [1.165, 1.54) is 29.6 Å². The Hall–Kier alpha value is -3.49. The molecule has 1 aliphatic rings. The van der Waals surface area contributed by atoms with Crippen LogP contribution in [0.3, 0.4) is 0 Å². The molecule has 34 heavy (non-hydrogen) atoms. The third kappa shape index (κ3) is 5.35. The minimum Gasteiger partial charge on any atom is -0.481 e. The Morgan fingerprint density at radius 2 is 1.74 bits per heavy atom. The Labute approximate surface area is 195 Å². The van der Waals surface area contributed by atoms with Crippen molar-refractivity contribution in [1.29, 1.82) is 0 Å². The number of carbonyl (C=O) groups is 1. The lowest BCUT2D eigenvalue weighted by molar-refractivity contribution is -0.140. The summed E-state index contributed by atoms with van der Waals surface area (Å²) in [5.74, 6) is 0.228. The fraction of sp³-hybridized carbons (Fsp3) is 0.360. The first-order chi connectivity index (χ1) is 16.2. The van der Waals surface area contributed by atoms with E-state index >= 15 is 0 Å². The Kier molecular flexibility index (Phi) is 6.81. The molecule has 1 aliphatic carbocycles. The van der Waals surface area contributed by atoms with Gasteiger partial charge in [0.1, 0.15) is 0 Å². The second kappa shape index (κ2) is 9.79. The van der Waals surface area contributed by atoms with Gasteiger partial charge in [0, 0.05) is 25.2 Å². The largest absolute Gasteiger partial charge is 0.481 e. The van der Waals surface area contributed by atoms with Gasteiger partial charge >= 0.3 is 12.1 Å². The molecule has 2 aromatic heterocycles. The first-order valence-corrected chi connectivity index (χ1v) is 11.1. The van der Waals surface area contributed by atoms with Gasteiger partial charge in [0.2, 0.25) is 0 Å². The Morgan fingerprint density at radius 3 is 2.32 bits per heavy atom. The highest BCUT2D eigenvalue weighted by Crippen LogP contribution is 2.38. The molecule has 0 saturated heterocycles. The quantitative estimate of drug-likeness (QED) is 0.471. The number of hydrogen-bond acceptors (Lipinski definition) is 5. The Balaban J connectivity index is 1.44. The molecule has 0 bridgehead atoms. The maximum atomic E-state index is 13.3. The number of anilines is 2. The summed E-state index contributed by atoms with van der Waals surface area (Å²) in [6.07, 6.45) is 0.584. The van der Waals surface area contributed by atoms with Crippen molar-refractivity contribution in [2.24, 2.45) is 5.92 Å². The lowest BCUT2D eigenvalue weighted by atomic mass is 9.77. The number of hydrogen-bond donors (Lipinski definition) is 1. The van der Waals surface area contributed by atoms with E-state index in [9.17, 15) is 18.0 Å². The van der Waals surface area contributed by atoms with Crippen molar-refractivity contribution >= 4 is 17.5 Å². The highest BCUT2D eigenvalue weighted by molar-refractivity contribution is 5.67. The van der Waals surface area contributed by atoms with Crippen LogP contribution in [0, 0.1) is 5.92 Å². The first-order valence-electron chi connectivity index (χ1n) is 11.1. The zero-order valence-corrected chi connectivity index (χ0v) is 18.7. The van der Waals surface area contributed by atoms with E-state index < -0.39 is 17.8 Å². The first kappa shape index (κ1) is 23.7. The minimum absolute atomic E-state index is 0.0977. The third-order valence-electron chi connectivity index (χ3n) is 6.40. The number of aliphatic carboxylic acids is 1. The van der Waals surface area contributed by atoms with Crippen molar-refractivity contribution in [3.05, 3.63) is 66.0 Å². The van der Waals surface area contributed by atoms with Gasteiger partial charge < -0.3 is 10.0 Å². The monoisotopic (exact) mass is 470 g/mol. The average Bonchev–Trinajstić information content (AvgIpc) is 2.83. The molecule has 0 radical (unpaired) electrons. The van der Waals surface area contributed by atoms with Gasteiger partial charge in [-0.25, -0.2) is 4.98 Å². The van der Waals surface area contributed by atoms with E-state index in [0.29, 0.717) is 11.6 Å². The smallest absolute Gasteiger partial charge is 0.435 e. The van der Waals surface area contributed by atoms with Crippen LogP contribution in [0.15, 0.2) is 54.7 Å². The lowest BCUT2D eigenvalue weighted by Gasteiger charge is -2.28. The van der Waals surface area contributed by atoms with Crippen LogP contribution in [0.4, 0.5) is 24.7 Å². The molecule has 0 unspecified atom stereocenters. The topological polar surface area (TPSA) is 79.2 Å². The number of carboxylic acid groups (broad SMARTS) is 1. The summed E-state index contributed by atoms with van der Waals surface area (Å²) in [5, 5.41) is 17.3. The Bertz CT molecular complexity index is 1130. The van der Waals surface area contributed by atoms with Crippen LogP contribution in [-0.4, -0.2) is 33.3 Å². The van der Waals surface area contributed by atoms with Gasteiger partial charge in [-0.1, -0.05) is 24.3 Å². The molecule has 0 amide bonds. The van der Waals surface area contributed by atoms with Gasteiger partial charge in [-0.05, 0) is 67.3 Å². The standard InChI is InChI=1S/C25H25F3N4O2/c1-32(21-3-2-14-29-24(21)25(26,27)28)22-13-12-20(30-31-22)19-10-8-18(9-11-19)17-6-4-16(5-7-17)15-23(33)34/h2-3,8-14,16-17H,4-7,15H2,1H3,(H,33,34). The van der Waals surface area contributed by atoms with E-state index in [2.05, 4.69) is 27.3 Å². The molecule has 4 rings (SSSR count). The van der Waals surface area contributed by atoms with E-state index in [4.69, 9.17) is 5.11 Å². The van der Waals surface area contributed by atoms with Crippen LogP contribution in [0.25, 0.3) is 11.3 Å². The number of carboxylic acids is 1. The summed E-state index contributed by atoms with van der Waals surface area (Å²) in [7, 11) is 1.50. The van der Waals surface area contributed by atoms with Crippen LogP contribution < -0.4 is 4.90 Å². The molecule has 9 heteroatoms. The number of rotatable bonds is 6. The van der Waals surface area contributed by atoms with Gasteiger partial charge in [0.25, 0.3) is 0 Å². The van der Waals surface area contributed by atoms with Crippen molar-refractivity contribution in [3.63, 3.8) is 0 Å². The predicted octanol–water partition coefficient (Wildman–Crippen LogP) is 6.07. The molecule has 178 valence electrons. The average molecular weight is 470 g/mol. The van der Waals surface area contributed by atoms with E-state index in [-0.39, 0.29) is 23.8 Å². The van der Waals surface area contributed by atoms with Crippen molar-refractivity contribution in [1.82, 2.24) is 15.2 Å². The highest BCUT2D eigenvalue weighted by Gasteiger charge is 2.36. The van der Waals surface area contributed by atoms with Crippen molar-refractivity contribution in [2.75, 3.05) is 11.9 Å². The summed E-state index contributed by atoms with van der Waals surface area (Å²) in [6.45, 7) is 0. The normalized spacial score (nSPS) is 18.5. The Morgan fingerprint density at radius 1 is 1.03 bits per heavy atom. The van der Waals surface area contributed by atoms with E-state index in [0.717, 1.165) is 37.4 Å². The number of nitrogens with zero attached hydrogens (tertiary/aromatic N) is 4. The van der Waals surface area contributed by atoms with Gasteiger partial charge in [-0.15, -0.1) is 10.2 Å². The fourth-order valence-electron chi connectivity index (χ4n) is 4.54. The second-order valence-electron chi connectivity index (χ2n) is 8.64. The zero-order valence-electron chi connectivity index (χ0n) is 18.7. The highest BCUT2D eigenvalue weighted by atomic mass is 19.4. The molecule has 1 aromatic carbocycles. The minimum atomic E-state index is -4.57. The van der Waals surface area contributed by atoms with Crippen LogP contribution in [0.1, 0.15) is 49.3 Å². The molecule has 2 heterocycles. The zero-order chi connectivity index (χ0) is 24.3. The number of aromatic nitrogens is 3. The molecule has 6 nitrogen and oxygen atoms in total. The summed E-state index contributed by atoms with van der Waals surface area (Å²) >= 11 is 0. The number of alkyl halides is 3. The van der Waals surface area contributed by atoms with Crippen molar-refractivity contribution in [2.45, 2.75) is 44.2 Å². The molecule has 0 atom stereocenters. The maximum Gasteiger partial charge on any atom is 0.435 e. The molecule has 3 aromatic rings. The van der Waals surface area contributed by atoms with Gasteiger partial charge in [0.05, 0.1) is 11.4 Å². The SMILES string of the molecule is CN(c1ccc(-c2ccc(C3CCC(CC(=O)O)CC3)cc2)nn1)c1cccnc1C(F)(F)F. The maximum absolute atomic E-state index is 13.3. The van der Waals surface area contributed by atoms with E-state index in [1.54, 1.807) is 12.1 Å². The molecule has 0 aliphatic heterocycles. The second-order valence-corrected chi connectivity index (χ2v) is 8.64. The summed E-state index contributed by atoms with van der Waals surface area (Å²) in [6, 6.07) is 14.2. The van der Waals surface area contributed by atoms with Crippen LogP contribution in [-0.2, 0) is 11.0 Å². The summed E-state index contributed by atoms with van der Waals surface area (Å²) in [5.41, 5.74) is 1.63. The predicted molar refractivity (Wildman–Crippen MR) is 122 cm³/mol. The molecule has 0 spiro atoms. The van der Waals surface area contributed by atoms with E-state index in [1.807, 2.05) is 12.1 Å². The van der Waals surface area contributed by atoms with Gasteiger partial charge in [-0.3, -0.25) is 4.79 Å². The summed E-state index contributed by atoms with van der Waals surface area (Å²) in [4.78, 5) is 15.7. The lowest BCUT2D eigenvalue weighted by Crippen LogP contribution is -2.19. The number of pyridine rings is 1. The fourth-order valence-corrected chi connectivity index (χ4v) is 4.54. The molecule has 1 fully saturated rings. The third-order valence-corrected chi connectivity index (χ3v) is 6.40. The number of halogens is 3. The van der Waals surface area contributed by atoms with Gasteiger partial charge in [-0.2, -0.15) is 13.2 Å². The summed E-state index contributed by atoms with van der Waals surface area (Å²) < 4.78 is 39.9. The van der Waals surface area contributed by atoms with Crippen molar-refractivity contribution < 1.29 is 23.1 Å². The van der Waals surface area contributed by atoms with Crippen LogP contribution in [0.5, 0.6) is 0 Å². The van der Waals surface area contributed by atoms with Gasteiger partial charge in [0.15, 0.2) is 11.5 Å². The molecular weight excluding hydrogens is 445 g/mol. The molecular formula is C25H25F3N4O2. The molecule has 1 saturated carbocycles. The molecule has 1 N–H and O–H groups in total. The van der Waals surface area contributed by atoms with Crippen LogP contribution >= 0.6 is 0 Å².